The van der Waals surface area contributed by atoms with E-state index in [1.165, 1.54) is 0 Å². The highest BCUT2D eigenvalue weighted by atomic mass is 35.5. The van der Waals surface area contributed by atoms with E-state index in [4.69, 9.17) is 25.6 Å². The first kappa shape index (κ1) is 11.6. The van der Waals surface area contributed by atoms with Crippen molar-refractivity contribution in [1.82, 2.24) is 5.16 Å². The molecule has 0 spiro atoms. The van der Waals surface area contributed by atoms with Crippen LogP contribution in [0.1, 0.15) is 17.0 Å². The molecule has 0 saturated carbocycles. The van der Waals surface area contributed by atoms with Gasteiger partial charge in [-0.3, -0.25) is 0 Å². The molecule has 18 heavy (non-hydrogen) atoms. The Morgan fingerprint density at radius 3 is 3.11 bits per heavy atom. The molecule has 2 aromatic rings. The van der Waals surface area contributed by atoms with E-state index in [1.54, 1.807) is 6.07 Å². The van der Waals surface area contributed by atoms with Gasteiger partial charge in [-0.15, -0.1) is 0 Å². The average Bonchev–Trinajstić information content (AvgIpc) is 2.81. The first-order chi connectivity index (χ1) is 8.84. The third-order valence-corrected chi connectivity index (χ3v) is 3.18. The lowest BCUT2D eigenvalue weighted by atomic mass is 10.1. The zero-order valence-corrected chi connectivity index (χ0v) is 10.4. The quantitative estimate of drug-likeness (QED) is 0.856. The number of hydrogen-bond donors (Lipinski definition) is 0. The standard InChI is InChI=1S/C13H12ClNO3/c14-10-3-1-2-4-13(10)17-8-11-9-7-16-6-5-12(9)18-15-11/h1-4H,5-8H2. The molecule has 0 aliphatic carbocycles. The Kier molecular flexibility index (Phi) is 3.21. The zero-order chi connectivity index (χ0) is 12.4. The molecule has 1 aromatic heterocycles. The van der Waals surface area contributed by atoms with Crippen molar-refractivity contribution in [1.29, 1.82) is 0 Å². The van der Waals surface area contributed by atoms with E-state index in [-0.39, 0.29) is 0 Å². The first-order valence-electron chi connectivity index (χ1n) is 5.76. The smallest absolute Gasteiger partial charge is 0.144 e. The van der Waals surface area contributed by atoms with E-state index in [0.717, 1.165) is 23.4 Å². The van der Waals surface area contributed by atoms with Crippen LogP contribution in [0.4, 0.5) is 0 Å². The Labute approximate surface area is 109 Å². The predicted octanol–water partition coefficient (Wildman–Crippen LogP) is 2.98. The van der Waals surface area contributed by atoms with Gasteiger partial charge in [-0.2, -0.15) is 0 Å². The molecule has 94 valence electrons. The molecule has 0 bridgehead atoms. The molecule has 0 atom stereocenters. The van der Waals surface area contributed by atoms with Crippen molar-refractivity contribution in [2.45, 2.75) is 19.6 Å². The fourth-order valence-corrected chi connectivity index (χ4v) is 2.09. The van der Waals surface area contributed by atoms with Crippen LogP contribution >= 0.6 is 11.6 Å². The van der Waals surface area contributed by atoms with Gasteiger partial charge in [-0.25, -0.2) is 0 Å². The normalized spacial score (nSPS) is 14.3. The summed E-state index contributed by atoms with van der Waals surface area (Å²) in [7, 11) is 0. The second kappa shape index (κ2) is 5.00. The zero-order valence-electron chi connectivity index (χ0n) is 9.69. The predicted molar refractivity (Wildman–Crippen MR) is 65.6 cm³/mol. The van der Waals surface area contributed by atoms with Gasteiger partial charge in [0.25, 0.3) is 0 Å². The maximum absolute atomic E-state index is 6.01. The minimum atomic E-state index is 0.339. The molecule has 2 heterocycles. The second-order valence-electron chi connectivity index (χ2n) is 4.05. The lowest BCUT2D eigenvalue weighted by Crippen LogP contribution is -2.10. The van der Waals surface area contributed by atoms with Crippen molar-refractivity contribution in [2.75, 3.05) is 6.61 Å². The van der Waals surface area contributed by atoms with E-state index in [0.29, 0.717) is 30.6 Å². The van der Waals surface area contributed by atoms with Gasteiger partial charge in [0.05, 0.1) is 18.2 Å². The van der Waals surface area contributed by atoms with Gasteiger partial charge in [-0.1, -0.05) is 28.9 Å². The molecular weight excluding hydrogens is 254 g/mol. The fraction of sp³-hybridized carbons (Fsp3) is 0.308. The summed E-state index contributed by atoms with van der Waals surface area (Å²) < 4.78 is 16.3. The summed E-state index contributed by atoms with van der Waals surface area (Å²) in [5, 5.41) is 4.61. The minimum absolute atomic E-state index is 0.339. The summed E-state index contributed by atoms with van der Waals surface area (Å²) in [6.07, 6.45) is 0.772. The third-order valence-electron chi connectivity index (χ3n) is 2.87. The molecule has 1 aromatic carbocycles. The summed E-state index contributed by atoms with van der Waals surface area (Å²) in [5.41, 5.74) is 1.79. The van der Waals surface area contributed by atoms with Crippen molar-refractivity contribution in [3.8, 4) is 5.75 Å². The molecule has 3 rings (SSSR count). The lowest BCUT2D eigenvalue weighted by Gasteiger charge is -2.11. The molecule has 0 amide bonds. The van der Waals surface area contributed by atoms with E-state index in [1.807, 2.05) is 18.2 Å². The van der Waals surface area contributed by atoms with Crippen molar-refractivity contribution in [3.05, 3.63) is 46.3 Å². The second-order valence-corrected chi connectivity index (χ2v) is 4.46. The molecule has 4 nitrogen and oxygen atoms in total. The van der Waals surface area contributed by atoms with Crippen molar-refractivity contribution in [3.63, 3.8) is 0 Å². The van der Waals surface area contributed by atoms with Crippen LogP contribution in [0.25, 0.3) is 0 Å². The number of benzene rings is 1. The Balaban J connectivity index is 1.74. The molecular formula is C13H12ClNO3. The highest BCUT2D eigenvalue weighted by molar-refractivity contribution is 6.32. The molecule has 0 fully saturated rings. The Bertz CT molecular complexity index is 553. The summed E-state index contributed by atoms with van der Waals surface area (Å²) in [4.78, 5) is 0. The molecule has 1 aliphatic rings. The third kappa shape index (κ3) is 2.21. The minimum Gasteiger partial charge on any atom is -0.486 e. The van der Waals surface area contributed by atoms with Crippen LogP contribution in [0.15, 0.2) is 28.8 Å². The van der Waals surface area contributed by atoms with Gasteiger partial charge in [0, 0.05) is 12.0 Å². The van der Waals surface area contributed by atoms with Crippen LogP contribution < -0.4 is 4.74 Å². The van der Waals surface area contributed by atoms with Crippen LogP contribution in [-0.4, -0.2) is 11.8 Å². The summed E-state index contributed by atoms with van der Waals surface area (Å²) in [6, 6.07) is 7.35. The number of rotatable bonds is 3. The van der Waals surface area contributed by atoms with Crippen LogP contribution in [0.2, 0.25) is 5.02 Å². The monoisotopic (exact) mass is 265 g/mol. The van der Waals surface area contributed by atoms with Crippen molar-refractivity contribution in [2.24, 2.45) is 0 Å². The Hall–Kier alpha value is -1.52. The van der Waals surface area contributed by atoms with Crippen LogP contribution in [0.3, 0.4) is 0 Å². The maximum atomic E-state index is 6.01. The maximum Gasteiger partial charge on any atom is 0.144 e. The van der Waals surface area contributed by atoms with Crippen LogP contribution in [-0.2, 0) is 24.4 Å². The lowest BCUT2D eigenvalue weighted by molar-refractivity contribution is 0.102. The molecule has 1 aliphatic heterocycles. The number of aromatic nitrogens is 1. The van der Waals surface area contributed by atoms with Gasteiger partial charge in [-0.05, 0) is 12.1 Å². The van der Waals surface area contributed by atoms with Gasteiger partial charge < -0.3 is 14.0 Å². The number of halogens is 1. The Morgan fingerprint density at radius 2 is 2.22 bits per heavy atom. The molecule has 0 saturated heterocycles. The largest absolute Gasteiger partial charge is 0.486 e. The summed E-state index contributed by atoms with van der Waals surface area (Å²) in [5.74, 6) is 1.55. The van der Waals surface area contributed by atoms with E-state index in [2.05, 4.69) is 5.16 Å². The highest BCUT2D eigenvalue weighted by Crippen LogP contribution is 2.26. The number of para-hydroxylation sites is 1. The van der Waals surface area contributed by atoms with Crippen molar-refractivity contribution >= 4 is 11.6 Å². The number of fused-ring (bicyclic) bond motifs is 1. The average molecular weight is 266 g/mol. The van der Waals surface area contributed by atoms with Gasteiger partial charge in [0.15, 0.2) is 0 Å². The molecule has 0 N–H and O–H groups in total. The van der Waals surface area contributed by atoms with Crippen molar-refractivity contribution < 1.29 is 14.0 Å². The van der Waals surface area contributed by atoms with E-state index < -0.39 is 0 Å². The fourth-order valence-electron chi connectivity index (χ4n) is 1.90. The number of hydrogen-bond acceptors (Lipinski definition) is 4. The SMILES string of the molecule is Clc1ccccc1OCc1noc2c1COCC2. The number of nitrogens with zero attached hydrogens (tertiary/aromatic N) is 1. The summed E-state index contributed by atoms with van der Waals surface area (Å²) >= 11 is 6.01. The molecule has 0 radical (unpaired) electrons. The Morgan fingerprint density at radius 1 is 1.33 bits per heavy atom. The van der Waals surface area contributed by atoms with E-state index in [9.17, 15) is 0 Å². The van der Waals surface area contributed by atoms with Crippen LogP contribution in [0.5, 0.6) is 5.75 Å². The topological polar surface area (TPSA) is 44.5 Å². The highest BCUT2D eigenvalue weighted by Gasteiger charge is 2.20. The summed E-state index contributed by atoms with van der Waals surface area (Å²) in [6.45, 7) is 1.57. The van der Waals surface area contributed by atoms with Gasteiger partial charge in [0.1, 0.15) is 23.8 Å². The first-order valence-corrected chi connectivity index (χ1v) is 6.14. The van der Waals surface area contributed by atoms with Gasteiger partial charge >= 0.3 is 0 Å². The van der Waals surface area contributed by atoms with Crippen LogP contribution in [0, 0.1) is 0 Å². The number of ether oxygens (including phenoxy) is 2. The molecule has 5 heteroatoms. The molecule has 0 unspecified atom stereocenters. The van der Waals surface area contributed by atoms with Gasteiger partial charge in [0.2, 0.25) is 0 Å². The van der Waals surface area contributed by atoms with E-state index >= 15 is 0 Å².